The average molecular weight is 164 g/mol. The molecule has 62 valence electrons. The number of nitriles is 1. The smallest absolute Gasteiger partial charge is 0.258 e. The first kappa shape index (κ1) is 8.34. The van der Waals surface area contributed by atoms with E-state index in [0.717, 1.165) is 0 Å². The van der Waals surface area contributed by atoms with Crippen LogP contribution in [0.4, 0.5) is 0 Å². The van der Waals surface area contributed by atoms with Gasteiger partial charge in [0.2, 0.25) is 0 Å². The van der Waals surface area contributed by atoms with E-state index in [-0.39, 0.29) is 0 Å². The van der Waals surface area contributed by atoms with Gasteiger partial charge in [-0.3, -0.25) is 0 Å². The van der Waals surface area contributed by atoms with Crippen molar-refractivity contribution in [1.29, 1.82) is 5.26 Å². The molecule has 1 aromatic heterocycles. The molecule has 0 radical (unpaired) electrons. The quantitative estimate of drug-likeness (QED) is 0.653. The highest BCUT2D eigenvalue weighted by atomic mass is 16.5. The third-order valence-electron chi connectivity index (χ3n) is 1.39. The Bertz CT molecular complexity index is 317. The normalized spacial score (nSPS) is 8.75. The van der Waals surface area contributed by atoms with Gasteiger partial charge in [-0.15, -0.1) is 0 Å². The molecular weight excluding hydrogens is 156 g/mol. The van der Waals surface area contributed by atoms with Crippen LogP contribution in [0.15, 0.2) is 12.3 Å². The molecule has 1 rings (SSSR count). The maximum atomic E-state index is 8.66. The first-order valence-electron chi connectivity index (χ1n) is 3.30. The van der Waals surface area contributed by atoms with Crippen LogP contribution < -0.4 is 9.47 Å². The summed E-state index contributed by atoms with van der Waals surface area (Å²) in [6.07, 6.45) is 1.50. The number of hydrogen-bond donors (Lipinski definition) is 0. The second-order valence-corrected chi connectivity index (χ2v) is 2.01. The minimum absolute atomic E-state index is 0.330. The lowest BCUT2D eigenvalue weighted by Crippen LogP contribution is -1.95. The molecule has 4 nitrogen and oxygen atoms in total. The van der Waals surface area contributed by atoms with Crippen molar-refractivity contribution in [3.63, 3.8) is 0 Å². The summed E-state index contributed by atoms with van der Waals surface area (Å²) in [5.41, 5.74) is 0.421. The lowest BCUT2D eigenvalue weighted by Gasteiger charge is -2.05. The Morgan fingerprint density at radius 1 is 1.42 bits per heavy atom. The molecular formula is C8H8N2O2. The molecule has 0 unspecified atom stereocenters. The molecule has 0 bridgehead atoms. The fraction of sp³-hybridized carbons (Fsp3) is 0.250. The number of rotatable bonds is 2. The molecule has 0 amide bonds. The summed E-state index contributed by atoms with van der Waals surface area (Å²) in [6.45, 7) is 0. The Kier molecular flexibility index (Phi) is 2.49. The third-order valence-corrected chi connectivity index (χ3v) is 1.39. The van der Waals surface area contributed by atoms with Crippen LogP contribution in [-0.2, 0) is 0 Å². The highest BCUT2D eigenvalue weighted by molar-refractivity contribution is 5.48. The fourth-order valence-corrected chi connectivity index (χ4v) is 0.860. The Morgan fingerprint density at radius 2 is 2.17 bits per heavy atom. The molecule has 1 aromatic rings. The summed E-state index contributed by atoms with van der Waals surface area (Å²) < 4.78 is 9.84. The molecule has 12 heavy (non-hydrogen) atoms. The van der Waals surface area contributed by atoms with Crippen LogP contribution in [0, 0.1) is 11.3 Å². The zero-order chi connectivity index (χ0) is 8.97. The predicted molar refractivity (Wildman–Crippen MR) is 42.1 cm³/mol. The van der Waals surface area contributed by atoms with Crippen molar-refractivity contribution in [1.82, 2.24) is 4.98 Å². The maximum Gasteiger partial charge on any atom is 0.258 e. The Balaban J connectivity index is 3.24. The number of ether oxygens (including phenoxy) is 2. The van der Waals surface area contributed by atoms with Gasteiger partial charge in [0, 0.05) is 6.20 Å². The van der Waals surface area contributed by atoms with Gasteiger partial charge in [0.1, 0.15) is 11.6 Å². The zero-order valence-corrected chi connectivity index (χ0v) is 6.87. The SMILES string of the molecule is COc1nccc(C#N)c1OC. The first-order valence-corrected chi connectivity index (χ1v) is 3.30. The van der Waals surface area contributed by atoms with Gasteiger partial charge in [0.25, 0.3) is 5.88 Å². The maximum absolute atomic E-state index is 8.66. The summed E-state index contributed by atoms with van der Waals surface area (Å²) in [6, 6.07) is 3.55. The Labute approximate surface area is 70.4 Å². The van der Waals surface area contributed by atoms with E-state index >= 15 is 0 Å². The number of methoxy groups -OCH3 is 2. The van der Waals surface area contributed by atoms with Gasteiger partial charge in [0.05, 0.1) is 14.2 Å². The highest BCUT2D eigenvalue weighted by Gasteiger charge is 2.09. The van der Waals surface area contributed by atoms with E-state index in [4.69, 9.17) is 14.7 Å². The second-order valence-electron chi connectivity index (χ2n) is 2.01. The van der Waals surface area contributed by atoms with Crippen LogP contribution >= 0.6 is 0 Å². The van der Waals surface area contributed by atoms with Gasteiger partial charge in [-0.05, 0) is 6.07 Å². The van der Waals surface area contributed by atoms with Crippen LogP contribution in [0.5, 0.6) is 11.6 Å². The van der Waals surface area contributed by atoms with Gasteiger partial charge >= 0.3 is 0 Å². The Morgan fingerprint density at radius 3 is 2.67 bits per heavy atom. The third kappa shape index (κ3) is 1.30. The van der Waals surface area contributed by atoms with Crippen molar-refractivity contribution in [2.24, 2.45) is 0 Å². The van der Waals surface area contributed by atoms with Crippen LogP contribution in [-0.4, -0.2) is 19.2 Å². The molecule has 1 heterocycles. The fourth-order valence-electron chi connectivity index (χ4n) is 0.860. The number of pyridine rings is 1. The molecule has 0 aliphatic heterocycles. The lowest BCUT2D eigenvalue weighted by molar-refractivity contribution is 0.342. The van der Waals surface area contributed by atoms with E-state index in [9.17, 15) is 0 Å². The van der Waals surface area contributed by atoms with Crippen LogP contribution in [0.2, 0.25) is 0 Å². The van der Waals surface area contributed by atoms with E-state index < -0.39 is 0 Å². The predicted octanol–water partition coefficient (Wildman–Crippen LogP) is 0.970. The average Bonchev–Trinajstić information content (AvgIpc) is 2.16. The van der Waals surface area contributed by atoms with Crippen molar-refractivity contribution in [2.45, 2.75) is 0 Å². The van der Waals surface area contributed by atoms with Crippen molar-refractivity contribution in [3.8, 4) is 17.7 Å². The van der Waals surface area contributed by atoms with Crippen LogP contribution in [0.25, 0.3) is 0 Å². The molecule has 0 N–H and O–H groups in total. The molecule has 0 saturated carbocycles. The van der Waals surface area contributed by atoms with Crippen molar-refractivity contribution in [2.75, 3.05) is 14.2 Å². The van der Waals surface area contributed by atoms with E-state index in [2.05, 4.69) is 4.98 Å². The molecule has 0 saturated heterocycles. The molecule has 0 aromatic carbocycles. The number of aromatic nitrogens is 1. The van der Waals surface area contributed by atoms with Crippen LogP contribution in [0.3, 0.4) is 0 Å². The molecule has 0 atom stereocenters. The van der Waals surface area contributed by atoms with E-state index in [1.54, 1.807) is 6.07 Å². The number of hydrogen-bond acceptors (Lipinski definition) is 4. The summed E-state index contributed by atoms with van der Waals surface area (Å²) in [5.74, 6) is 0.707. The summed E-state index contributed by atoms with van der Waals surface area (Å²) >= 11 is 0. The van der Waals surface area contributed by atoms with Crippen LogP contribution in [0.1, 0.15) is 5.56 Å². The molecule has 0 fully saturated rings. The van der Waals surface area contributed by atoms with Gasteiger partial charge in [-0.2, -0.15) is 5.26 Å². The summed E-state index contributed by atoms with van der Waals surface area (Å²) in [5, 5.41) is 8.66. The summed E-state index contributed by atoms with van der Waals surface area (Å²) in [4.78, 5) is 3.88. The van der Waals surface area contributed by atoms with E-state index in [0.29, 0.717) is 17.2 Å². The van der Waals surface area contributed by atoms with Gasteiger partial charge < -0.3 is 9.47 Å². The Hall–Kier alpha value is -1.76. The van der Waals surface area contributed by atoms with E-state index in [1.165, 1.54) is 20.4 Å². The van der Waals surface area contributed by atoms with Crippen molar-refractivity contribution >= 4 is 0 Å². The minimum Gasteiger partial charge on any atom is -0.490 e. The summed E-state index contributed by atoms with van der Waals surface area (Å²) in [7, 11) is 2.95. The molecule has 0 aliphatic carbocycles. The molecule has 4 heteroatoms. The second kappa shape index (κ2) is 3.58. The lowest BCUT2D eigenvalue weighted by atomic mass is 10.2. The standard InChI is InChI=1S/C8H8N2O2/c1-11-7-6(5-9)3-4-10-8(7)12-2/h3-4H,1-2H3. The monoisotopic (exact) mass is 164 g/mol. The van der Waals surface area contributed by atoms with Crippen molar-refractivity contribution < 1.29 is 9.47 Å². The van der Waals surface area contributed by atoms with E-state index in [1.807, 2.05) is 6.07 Å². The first-order chi connectivity index (χ1) is 5.83. The van der Waals surface area contributed by atoms with Crippen molar-refractivity contribution in [3.05, 3.63) is 17.8 Å². The zero-order valence-electron chi connectivity index (χ0n) is 6.87. The van der Waals surface area contributed by atoms with Gasteiger partial charge in [-0.1, -0.05) is 0 Å². The van der Waals surface area contributed by atoms with Gasteiger partial charge in [-0.25, -0.2) is 4.98 Å². The minimum atomic E-state index is 0.330. The van der Waals surface area contributed by atoms with Gasteiger partial charge in [0.15, 0.2) is 5.75 Å². The topological polar surface area (TPSA) is 55.1 Å². The largest absolute Gasteiger partial charge is 0.490 e. The molecule has 0 spiro atoms. The molecule has 0 aliphatic rings. The number of nitrogens with zero attached hydrogens (tertiary/aromatic N) is 2. The highest BCUT2D eigenvalue weighted by Crippen LogP contribution is 2.26.